The van der Waals surface area contributed by atoms with Crippen LogP contribution < -0.4 is 0 Å². The molecule has 2 nitrogen and oxygen atoms in total. The lowest BCUT2D eigenvalue weighted by Gasteiger charge is -2.31. The van der Waals surface area contributed by atoms with Gasteiger partial charge in [0.15, 0.2) is 0 Å². The molecule has 0 aromatic rings. The fraction of sp³-hybridized carbons (Fsp3) is 0.812. The highest BCUT2D eigenvalue weighted by molar-refractivity contribution is 5.73. The van der Waals surface area contributed by atoms with Crippen molar-refractivity contribution in [2.24, 2.45) is 17.8 Å². The van der Waals surface area contributed by atoms with Crippen molar-refractivity contribution in [1.82, 2.24) is 0 Å². The monoisotopic (exact) mass is 248 g/mol. The number of carbonyl (C=O) groups excluding carboxylic acids is 1. The van der Waals surface area contributed by atoms with Crippen LogP contribution in [-0.2, 0) is 9.53 Å². The summed E-state index contributed by atoms with van der Waals surface area (Å²) in [6, 6.07) is 0. The molecule has 0 spiro atoms. The first-order valence-corrected chi connectivity index (χ1v) is 7.72. The smallest absolute Gasteiger partial charge is 0.309 e. The van der Waals surface area contributed by atoms with Gasteiger partial charge in [-0.25, -0.2) is 0 Å². The van der Waals surface area contributed by atoms with E-state index in [1.807, 2.05) is 0 Å². The lowest BCUT2D eigenvalue weighted by atomic mass is 9.78. The summed E-state index contributed by atoms with van der Waals surface area (Å²) >= 11 is 0. The van der Waals surface area contributed by atoms with Crippen molar-refractivity contribution in [3.8, 4) is 0 Å². The highest BCUT2D eigenvalue weighted by Gasteiger charge is 2.39. The van der Waals surface area contributed by atoms with Crippen LogP contribution in [0.3, 0.4) is 0 Å². The Morgan fingerprint density at radius 2 is 1.83 bits per heavy atom. The second-order valence-corrected chi connectivity index (χ2v) is 6.23. The molecular formula is C16H24O2. The van der Waals surface area contributed by atoms with Gasteiger partial charge in [0.2, 0.25) is 0 Å². The van der Waals surface area contributed by atoms with E-state index >= 15 is 0 Å². The summed E-state index contributed by atoms with van der Waals surface area (Å²) < 4.78 is 5.77. The third-order valence-corrected chi connectivity index (χ3v) is 5.05. The van der Waals surface area contributed by atoms with Crippen molar-refractivity contribution in [1.29, 1.82) is 0 Å². The molecule has 3 aliphatic carbocycles. The molecule has 0 unspecified atom stereocenters. The molecule has 3 atom stereocenters. The fourth-order valence-electron chi connectivity index (χ4n) is 4.04. The van der Waals surface area contributed by atoms with Crippen molar-refractivity contribution in [2.75, 3.05) is 0 Å². The average molecular weight is 248 g/mol. The van der Waals surface area contributed by atoms with Gasteiger partial charge in [-0.1, -0.05) is 25.0 Å². The van der Waals surface area contributed by atoms with Crippen LogP contribution >= 0.6 is 0 Å². The van der Waals surface area contributed by atoms with Gasteiger partial charge in [-0.15, -0.1) is 0 Å². The van der Waals surface area contributed by atoms with Gasteiger partial charge in [-0.05, 0) is 56.8 Å². The minimum atomic E-state index is 0.100. The number of ether oxygens (including phenoxy) is 1. The van der Waals surface area contributed by atoms with Crippen LogP contribution in [0, 0.1) is 17.8 Å². The van der Waals surface area contributed by atoms with Crippen LogP contribution in [0.15, 0.2) is 12.2 Å². The lowest BCUT2D eigenvalue weighted by Crippen LogP contribution is -2.32. The van der Waals surface area contributed by atoms with Gasteiger partial charge >= 0.3 is 5.97 Å². The molecule has 0 aromatic carbocycles. The Morgan fingerprint density at radius 3 is 2.67 bits per heavy atom. The topological polar surface area (TPSA) is 26.3 Å². The van der Waals surface area contributed by atoms with E-state index in [0.717, 1.165) is 19.3 Å². The van der Waals surface area contributed by atoms with E-state index in [2.05, 4.69) is 12.2 Å². The Balaban J connectivity index is 1.59. The van der Waals surface area contributed by atoms with Crippen molar-refractivity contribution < 1.29 is 9.53 Å². The van der Waals surface area contributed by atoms with E-state index in [0.29, 0.717) is 11.8 Å². The van der Waals surface area contributed by atoms with E-state index in [1.54, 1.807) is 0 Å². The van der Waals surface area contributed by atoms with Gasteiger partial charge < -0.3 is 4.74 Å². The Morgan fingerprint density at radius 1 is 1.00 bits per heavy atom. The molecule has 0 bridgehead atoms. The number of carbonyl (C=O) groups is 1. The van der Waals surface area contributed by atoms with Gasteiger partial charge in [0, 0.05) is 0 Å². The second kappa shape index (κ2) is 5.46. The summed E-state index contributed by atoms with van der Waals surface area (Å²) in [5.41, 5.74) is 0. The van der Waals surface area contributed by atoms with Crippen LogP contribution in [0.25, 0.3) is 0 Å². The minimum Gasteiger partial charge on any atom is -0.462 e. The van der Waals surface area contributed by atoms with E-state index in [1.165, 1.54) is 38.5 Å². The maximum Gasteiger partial charge on any atom is 0.309 e. The predicted octanol–water partition coefficient (Wildman–Crippen LogP) is 3.85. The molecule has 2 saturated carbocycles. The second-order valence-electron chi connectivity index (χ2n) is 6.23. The summed E-state index contributed by atoms with van der Waals surface area (Å²) in [4.78, 5) is 12.4. The Kier molecular flexibility index (Phi) is 3.72. The lowest BCUT2D eigenvalue weighted by molar-refractivity contribution is -0.158. The van der Waals surface area contributed by atoms with Crippen LogP contribution in [0.5, 0.6) is 0 Å². The normalized spacial score (nSPS) is 36.3. The zero-order valence-electron chi connectivity index (χ0n) is 11.1. The predicted molar refractivity (Wildman–Crippen MR) is 71.0 cm³/mol. The summed E-state index contributed by atoms with van der Waals surface area (Å²) in [6.45, 7) is 0. The van der Waals surface area contributed by atoms with E-state index < -0.39 is 0 Å². The average Bonchev–Trinajstić information content (AvgIpc) is 2.87. The quantitative estimate of drug-likeness (QED) is 0.548. The Labute approximate surface area is 110 Å². The van der Waals surface area contributed by atoms with Gasteiger partial charge in [-0.2, -0.15) is 0 Å². The molecular weight excluding hydrogens is 224 g/mol. The van der Waals surface area contributed by atoms with Crippen molar-refractivity contribution in [2.45, 2.75) is 63.9 Å². The number of esters is 1. The molecule has 2 heteroatoms. The van der Waals surface area contributed by atoms with Crippen molar-refractivity contribution in [3.63, 3.8) is 0 Å². The fourth-order valence-corrected chi connectivity index (χ4v) is 4.04. The Bertz CT molecular complexity index is 328. The largest absolute Gasteiger partial charge is 0.462 e. The third-order valence-electron chi connectivity index (χ3n) is 5.05. The zero-order chi connectivity index (χ0) is 12.4. The number of hydrogen-bond donors (Lipinski definition) is 0. The first kappa shape index (κ1) is 12.3. The summed E-state index contributed by atoms with van der Waals surface area (Å²) in [5, 5.41) is 0. The molecule has 3 rings (SSSR count). The summed E-state index contributed by atoms with van der Waals surface area (Å²) in [7, 11) is 0. The first-order chi connectivity index (χ1) is 8.84. The SMILES string of the molecule is O=C(OC1CCCCC1)[C@H]1CC=C[C@H]2CCC[C@H]12. The highest BCUT2D eigenvalue weighted by atomic mass is 16.5. The van der Waals surface area contributed by atoms with Crippen LogP contribution in [0.2, 0.25) is 0 Å². The molecule has 18 heavy (non-hydrogen) atoms. The molecule has 0 heterocycles. The zero-order valence-corrected chi connectivity index (χ0v) is 11.1. The summed E-state index contributed by atoms with van der Waals surface area (Å²) in [5.74, 6) is 1.49. The highest BCUT2D eigenvalue weighted by Crippen LogP contribution is 2.43. The van der Waals surface area contributed by atoms with Crippen molar-refractivity contribution >= 4 is 5.97 Å². The molecule has 0 amide bonds. The number of fused-ring (bicyclic) bond motifs is 1. The van der Waals surface area contributed by atoms with Gasteiger partial charge in [0.05, 0.1) is 5.92 Å². The molecule has 0 aromatic heterocycles. The first-order valence-electron chi connectivity index (χ1n) is 7.72. The number of rotatable bonds is 2. The van der Waals surface area contributed by atoms with Crippen LogP contribution in [0.1, 0.15) is 57.8 Å². The maximum absolute atomic E-state index is 12.4. The molecule has 2 fully saturated rings. The van der Waals surface area contributed by atoms with Gasteiger partial charge in [0.1, 0.15) is 6.10 Å². The van der Waals surface area contributed by atoms with Crippen molar-refractivity contribution in [3.05, 3.63) is 12.2 Å². The number of allylic oxidation sites excluding steroid dienone is 2. The maximum atomic E-state index is 12.4. The van der Waals surface area contributed by atoms with Crippen LogP contribution in [-0.4, -0.2) is 12.1 Å². The summed E-state index contributed by atoms with van der Waals surface area (Å²) in [6.07, 6.45) is 15.4. The molecule has 0 aliphatic heterocycles. The molecule has 3 aliphatic rings. The minimum absolute atomic E-state index is 0.100. The molecule has 0 saturated heterocycles. The molecule has 100 valence electrons. The number of hydrogen-bond acceptors (Lipinski definition) is 2. The van der Waals surface area contributed by atoms with E-state index in [4.69, 9.17) is 4.74 Å². The van der Waals surface area contributed by atoms with Gasteiger partial charge in [0.25, 0.3) is 0 Å². The Hall–Kier alpha value is -0.790. The van der Waals surface area contributed by atoms with E-state index in [9.17, 15) is 4.79 Å². The van der Waals surface area contributed by atoms with Gasteiger partial charge in [-0.3, -0.25) is 4.79 Å². The molecule has 0 N–H and O–H groups in total. The van der Waals surface area contributed by atoms with Crippen LogP contribution in [0.4, 0.5) is 0 Å². The van der Waals surface area contributed by atoms with E-state index in [-0.39, 0.29) is 18.0 Å². The molecule has 0 radical (unpaired) electrons. The third kappa shape index (κ3) is 2.48. The standard InChI is InChI=1S/C16H24O2/c17-16(18-13-8-2-1-3-9-13)15-11-5-7-12-6-4-10-14(12)15/h5,7,12-15H,1-4,6,8-11H2/t12-,14+,15+/m1/s1.